The number of hydrogen-bond acceptors (Lipinski definition) is 5. The van der Waals surface area contributed by atoms with Gasteiger partial charge >= 0.3 is 0 Å². The summed E-state index contributed by atoms with van der Waals surface area (Å²) in [7, 11) is 1.84. The third-order valence-electron chi connectivity index (χ3n) is 4.58. The van der Waals surface area contributed by atoms with Crippen molar-refractivity contribution in [2.45, 2.75) is 6.42 Å². The van der Waals surface area contributed by atoms with E-state index < -0.39 is 0 Å². The van der Waals surface area contributed by atoms with Crippen LogP contribution in [0, 0.1) is 0 Å². The molecule has 128 valence electrons. The Morgan fingerprint density at radius 2 is 1.88 bits per heavy atom. The van der Waals surface area contributed by atoms with E-state index in [-0.39, 0.29) is 5.91 Å². The molecule has 3 aromatic rings. The topological polar surface area (TPSA) is 67.2 Å². The fourth-order valence-corrected chi connectivity index (χ4v) is 3.17. The standard InChI is InChI=1S/C18H20N6O/c1-22-13-19-11-16(22)18(25)24-8-4-7-23(9-10-24)17-12-20-14-5-2-3-6-15(14)21-17/h2-3,5-6,11-13H,4,7-10H2,1H3. The molecule has 1 aromatic carbocycles. The zero-order chi connectivity index (χ0) is 17.2. The summed E-state index contributed by atoms with van der Waals surface area (Å²) in [6, 6.07) is 7.87. The Kier molecular flexibility index (Phi) is 4.05. The van der Waals surface area contributed by atoms with Gasteiger partial charge in [-0.15, -0.1) is 0 Å². The number of carbonyl (C=O) groups excluding carboxylic acids is 1. The van der Waals surface area contributed by atoms with Gasteiger partial charge in [0.15, 0.2) is 0 Å². The van der Waals surface area contributed by atoms with Crippen LogP contribution in [0.2, 0.25) is 0 Å². The molecule has 0 saturated carbocycles. The quantitative estimate of drug-likeness (QED) is 0.713. The molecule has 4 rings (SSSR count). The molecular formula is C18H20N6O. The van der Waals surface area contributed by atoms with Crippen molar-refractivity contribution in [3.63, 3.8) is 0 Å². The largest absolute Gasteiger partial charge is 0.353 e. The van der Waals surface area contributed by atoms with Gasteiger partial charge in [-0.3, -0.25) is 9.78 Å². The lowest BCUT2D eigenvalue weighted by Crippen LogP contribution is -2.36. The van der Waals surface area contributed by atoms with E-state index in [1.54, 1.807) is 17.1 Å². The Morgan fingerprint density at radius 3 is 2.68 bits per heavy atom. The Labute approximate surface area is 145 Å². The summed E-state index contributed by atoms with van der Waals surface area (Å²) in [6.07, 6.45) is 6.00. The SMILES string of the molecule is Cn1cncc1C(=O)N1CCCN(c2cnc3ccccc3n2)CC1. The monoisotopic (exact) mass is 336 g/mol. The zero-order valence-electron chi connectivity index (χ0n) is 14.2. The molecule has 1 amide bonds. The van der Waals surface area contributed by atoms with Crippen LogP contribution in [0.4, 0.5) is 5.82 Å². The van der Waals surface area contributed by atoms with E-state index >= 15 is 0 Å². The molecular weight excluding hydrogens is 316 g/mol. The predicted molar refractivity (Wildman–Crippen MR) is 95.5 cm³/mol. The normalized spacial score (nSPS) is 15.4. The van der Waals surface area contributed by atoms with Crippen LogP contribution in [0.5, 0.6) is 0 Å². The van der Waals surface area contributed by atoms with Crippen molar-refractivity contribution in [2.24, 2.45) is 7.05 Å². The lowest BCUT2D eigenvalue weighted by atomic mass is 10.3. The average Bonchev–Trinajstić information content (AvgIpc) is 2.92. The minimum atomic E-state index is 0.0337. The second-order valence-electron chi connectivity index (χ2n) is 6.24. The van der Waals surface area contributed by atoms with Gasteiger partial charge in [-0.05, 0) is 18.6 Å². The van der Waals surface area contributed by atoms with E-state index in [2.05, 4.69) is 14.9 Å². The number of nitrogens with zero attached hydrogens (tertiary/aromatic N) is 6. The van der Waals surface area contributed by atoms with Crippen molar-refractivity contribution < 1.29 is 4.79 Å². The smallest absolute Gasteiger partial charge is 0.272 e. The van der Waals surface area contributed by atoms with Crippen LogP contribution in [0.1, 0.15) is 16.9 Å². The first-order valence-corrected chi connectivity index (χ1v) is 8.45. The number of aryl methyl sites for hydroxylation is 1. The molecule has 1 aliphatic rings. The van der Waals surface area contributed by atoms with Crippen molar-refractivity contribution in [3.05, 3.63) is 48.7 Å². The maximum Gasteiger partial charge on any atom is 0.272 e. The van der Waals surface area contributed by atoms with Crippen LogP contribution in [-0.4, -0.2) is 56.5 Å². The third-order valence-corrected chi connectivity index (χ3v) is 4.58. The van der Waals surface area contributed by atoms with Crippen LogP contribution < -0.4 is 4.90 Å². The highest BCUT2D eigenvalue weighted by Crippen LogP contribution is 2.17. The van der Waals surface area contributed by atoms with Gasteiger partial charge < -0.3 is 14.4 Å². The van der Waals surface area contributed by atoms with E-state index in [9.17, 15) is 4.79 Å². The fourth-order valence-electron chi connectivity index (χ4n) is 3.17. The summed E-state index contributed by atoms with van der Waals surface area (Å²) >= 11 is 0. The van der Waals surface area contributed by atoms with Crippen LogP contribution in [0.15, 0.2) is 43.0 Å². The molecule has 0 radical (unpaired) electrons. The summed E-state index contributed by atoms with van der Waals surface area (Å²) in [5.41, 5.74) is 2.42. The number of aromatic nitrogens is 4. The van der Waals surface area contributed by atoms with Gasteiger partial charge in [0.25, 0.3) is 5.91 Å². The van der Waals surface area contributed by atoms with Crippen LogP contribution in [-0.2, 0) is 7.05 Å². The average molecular weight is 336 g/mol. The summed E-state index contributed by atoms with van der Waals surface area (Å²) in [5, 5.41) is 0. The number of amides is 1. The van der Waals surface area contributed by atoms with Gasteiger partial charge in [-0.2, -0.15) is 0 Å². The molecule has 3 heterocycles. The Bertz CT molecular complexity index is 905. The number of carbonyl (C=O) groups is 1. The van der Waals surface area contributed by atoms with Gasteiger partial charge in [-0.1, -0.05) is 12.1 Å². The van der Waals surface area contributed by atoms with E-state index in [1.807, 2.05) is 42.4 Å². The van der Waals surface area contributed by atoms with Crippen molar-refractivity contribution >= 4 is 22.8 Å². The van der Waals surface area contributed by atoms with Gasteiger partial charge in [0.2, 0.25) is 0 Å². The molecule has 7 heteroatoms. The van der Waals surface area contributed by atoms with Crippen molar-refractivity contribution in [1.29, 1.82) is 0 Å². The first kappa shape index (κ1) is 15.6. The summed E-state index contributed by atoms with van der Waals surface area (Å²) < 4.78 is 1.76. The molecule has 1 saturated heterocycles. The highest BCUT2D eigenvalue weighted by atomic mass is 16.2. The summed E-state index contributed by atoms with van der Waals surface area (Å²) in [6.45, 7) is 3.01. The highest BCUT2D eigenvalue weighted by molar-refractivity contribution is 5.92. The number of rotatable bonds is 2. The molecule has 0 bridgehead atoms. The number of benzene rings is 1. The second kappa shape index (κ2) is 6.51. The molecule has 1 fully saturated rings. The van der Waals surface area contributed by atoms with E-state index in [0.29, 0.717) is 12.2 Å². The maximum absolute atomic E-state index is 12.7. The first-order valence-electron chi connectivity index (χ1n) is 8.45. The van der Waals surface area contributed by atoms with Gasteiger partial charge in [0, 0.05) is 33.2 Å². The lowest BCUT2D eigenvalue weighted by molar-refractivity contribution is 0.0757. The predicted octanol–water partition coefficient (Wildman–Crippen LogP) is 1.72. The van der Waals surface area contributed by atoms with Crippen LogP contribution in [0.25, 0.3) is 11.0 Å². The number of para-hydroxylation sites is 2. The lowest BCUT2D eigenvalue weighted by Gasteiger charge is -2.22. The second-order valence-corrected chi connectivity index (χ2v) is 6.24. The van der Waals surface area contributed by atoms with E-state index in [4.69, 9.17) is 4.98 Å². The summed E-state index contributed by atoms with van der Waals surface area (Å²) in [5.74, 6) is 0.903. The number of imidazole rings is 1. The summed E-state index contributed by atoms with van der Waals surface area (Å²) in [4.78, 5) is 30.0. The molecule has 25 heavy (non-hydrogen) atoms. The first-order chi connectivity index (χ1) is 12.2. The number of fused-ring (bicyclic) bond motifs is 1. The van der Waals surface area contributed by atoms with Crippen molar-refractivity contribution in [1.82, 2.24) is 24.4 Å². The molecule has 0 unspecified atom stereocenters. The number of anilines is 1. The van der Waals surface area contributed by atoms with E-state index in [1.165, 1.54) is 0 Å². The van der Waals surface area contributed by atoms with Crippen LogP contribution in [0.3, 0.4) is 0 Å². The molecule has 0 N–H and O–H groups in total. The third kappa shape index (κ3) is 3.05. The van der Waals surface area contributed by atoms with Crippen molar-refractivity contribution in [3.8, 4) is 0 Å². The molecule has 0 spiro atoms. The van der Waals surface area contributed by atoms with Gasteiger partial charge in [0.05, 0.1) is 29.8 Å². The minimum Gasteiger partial charge on any atom is -0.353 e. The molecule has 0 atom stereocenters. The Balaban J connectivity index is 1.50. The van der Waals surface area contributed by atoms with Gasteiger partial charge in [0.1, 0.15) is 11.5 Å². The zero-order valence-corrected chi connectivity index (χ0v) is 14.2. The highest BCUT2D eigenvalue weighted by Gasteiger charge is 2.22. The molecule has 0 aliphatic carbocycles. The van der Waals surface area contributed by atoms with Crippen molar-refractivity contribution in [2.75, 3.05) is 31.1 Å². The molecule has 2 aromatic heterocycles. The van der Waals surface area contributed by atoms with Gasteiger partial charge in [-0.25, -0.2) is 9.97 Å². The fraction of sp³-hybridized carbons (Fsp3) is 0.333. The maximum atomic E-state index is 12.7. The molecule has 1 aliphatic heterocycles. The number of hydrogen-bond donors (Lipinski definition) is 0. The molecule has 7 nitrogen and oxygen atoms in total. The minimum absolute atomic E-state index is 0.0337. The van der Waals surface area contributed by atoms with Crippen LogP contribution >= 0.6 is 0 Å². The Hall–Kier alpha value is -2.96. The van der Waals surface area contributed by atoms with E-state index in [0.717, 1.165) is 42.9 Å². The Morgan fingerprint density at radius 1 is 1.04 bits per heavy atom.